The first-order valence-corrected chi connectivity index (χ1v) is 8.97. The van der Waals surface area contributed by atoms with Gasteiger partial charge in [0, 0.05) is 10.6 Å². The summed E-state index contributed by atoms with van der Waals surface area (Å²) >= 11 is 5.89. The third-order valence-corrected chi connectivity index (χ3v) is 4.28. The molecule has 0 aliphatic heterocycles. The third kappa shape index (κ3) is 4.76. The molecular formula is C20H16ClN3O6. The van der Waals surface area contributed by atoms with E-state index in [-0.39, 0.29) is 12.4 Å². The van der Waals surface area contributed by atoms with Crippen LogP contribution in [0.4, 0.5) is 5.69 Å². The van der Waals surface area contributed by atoms with E-state index in [2.05, 4.69) is 9.97 Å². The molecule has 30 heavy (non-hydrogen) atoms. The Morgan fingerprint density at radius 2 is 1.97 bits per heavy atom. The maximum absolute atomic E-state index is 11.8. The first kappa shape index (κ1) is 20.9. The lowest BCUT2D eigenvalue weighted by Gasteiger charge is -2.13. The largest absolute Gasteiger partial charge is 0.493 e. The molecule has 10 heteroatoms. The zero-order valence-corrected chi connectivity index (χ0v) is 16.4. The van der Waals surface area contributed by atoms with Gasteiger partial charge in [-0.05, 0) is 35.9 Å². The van der Waals surface area contributed by atoms with E-state index in [4.69, 9.17) is 21.1 Å². The van der Waals surface area contributed by atoms with Crippen LogP contribution in [0.5, 0.6) is 17.4 Å². The molecule has 0 atom stereocenters. The van der Waals surface area contributed by atoms with Crippen molar-refractivity contribution in [3.05, 3.63) is 84.9 Å². The number of nitrogens with one attached hydrogen (secondary N) is 1. The number of ether oxygens (including phenoxy) is 2. The summed E-state index contributed by atoms with van der Waals surface area (Å²) in [6, 6.07) is 12.4. The Bertz CT molecular complexity index is 1160. The van der Waals surface area contributed by atoms with Gasteiger partial charge in [0.05, 0.1) is 12.0 Å². The third-order valence-electron chi connectivity index (χ3n) is 4.02. The van der Waals surface area contributed by atoms with Gasteiger partial charge in [-0.25, -0.2) is 0 Å². The predicted molar refractivity (Wildman–Crippen MR) is 111 cm³/mol. The van der Waals surface area contributed by atoms with Gasteiger partial charge in [0.25, 0.3) is 5.88 Å². The Kier molecular flexibility index (Phi) is 6.33. The summed E-state index contributed by atoms with van der Waals surface area (Å²) in [5.41, 5.74) is -0.576. The molecule has 9 nitrogen and oxygen atoms in total. The minimum absolute atomic E-state index is 0.0606. The highest BCUT2D eigenvalue weighted by atomic mass is 35.5. The first-order chi connectivity index (χ1) is 14.4. The molecule has 0 radical (unpaired) electrons. The van der Waals surface area contributed by atoms with Crippen LogP contribution in [0, 0.1) is 10.1 Å². The topological polar surface area (TPSA) is 128 Å². The zero-order chi connectivity index (χ0) is 21.7. The second-order valence-corrected chi connectivity index (χ2v) is 6.44. The molecule has 3 aromatic rings. The van der Waals surface area contributed by atoms with Crippen LogP contribution in [0.1, 0.15) is 17.0 Å². The van der Waals surface area contributed by atoms with Gasteiger partial charge in [0.15, 0.2) is 11.5 Å². The summed E-state index contributed by atoms with van der Waals surface area (Å²) in [6.45, 7) is 0.256. The van der Waals surface area contributed by atoms with Crippen molar-refractivity contribution in [2.45, 2.75) is 6.61 Å². The number of para-hydroxylation sites is 1. The molecule has 0 saturated carbocycles. The van der Waals surface area contributed by atoms with Crippen molar-refractivity contribution in [3.63, 3.8) is 0 Å². The Morgan fingerprint density at radius 1 is 1.23 bits per heavy atom. The fourth-order valence-corrected chi connectivity index (χ4v) is 2.73. The van der Waals surface area contributed by atoms with E-state index in [1.807, 2.05) is 12.1 Å². The Balaban J connectivity index is 1.89. The first-order valence-electron chi connectivity index (χ1n) is 8.59. The Labute approximate surface area is 175 Å². The van der Waals surface area contributed by atoms with Crippen molar-refractivity contribution in [3.8, 4) is 17.4 Å². The lowest BCUT2D eigenvalue weighted by molar-refractivity contribution is -0.387. The van der Waals surface area contributed by atoms with Gasteiger partial charge in [-0.3, -0.25) is 14.9 Å². The summed E-state index contributed by atoms with van der Waals surface area (Å²) in [7, 11) is 1.51. The normalized spacial score (nSPS) is 10.9. The van der Waals surface area contributed by atoms with Crippen LogP contribution in [-0.2, 0) is 6.61 Å². The van der Waals surface area contributed by atoms with Gasteiger partial charge in [0.1, 0.15) is 12.4 Å². The maximum atomic E-state index is 11.8. The monoisotopic (exact) mass is 429 g/mol. The quantitative estimate of drug-likeness (QED) is 0.432. The summed E-state index contributed by atoms with van der Waals surface area (Å²) in [5.74, 6) is -0.0957. The maximum Gasteiger partial charge on any atom is 0.395 e. The second-order valence-electron chi connectivity index (χ2n) is 6.01. The number of hydrogen-bond acceptors (Lipinski definition) is 7. The molecule has 0 spiro atoms. The van der Waals surface area contributed by atoms with Crippen molar-refractivity contribution < 1.29 is 19.5 Å². The number of rotatable bonds is 7. The smallest absolute Gasteiger partial charge is 0.395 e. The number of nitrogens with zero attached hydrogens (tertiary/aromatic N) is 2. The van der Waals surface area contributed by atoms with E-state index in [9.17, 15) is 20.0 Å². The molecule has 2 N–H and O–H groups in total. The fourth-order valence-electron chi connectivity index (χ4n) is 2.60. The van der Waals surface area contributed by atoms with Crippen LogP contribution < -0.4 is 15.0 Å². The number of halogens is 1. The van der Waals surface area contributed by atoms with E-state index < -0.39 is 22.0 Å². The fraction of sp³-hybridized carbons (Fsp3) is 0.100. The van der Waals surface area contributed by atoms with Gasteiger partial charge in [-0.1, -0.05) is 35.9 Å². The van der Waals surface area contributed by atoms with Gasteiger partial charge >= 0.3 is 11.2 Å². The van der Waals surface area contributed by atoms with Gasteiger partial charge in [-0.15, -0.1) is 0 Å². The average molecular weight is 430 g/mol. The number of benzene rings is 2. The zero-order valence-electron chi connectivity index (χ0n) is 15.7. The molecule has 1 heterocycles. The van der Waals surface area contributed by atoms with Gasteiger partial charge in [0.2, 0.25) is 0 Å². The highest BCUT2D eigenvalue weighted by Crippen LogP contribution is 2.33. The van der Waals surface area contributed by atoms with Crippen molar-refractivity contribution in [1.82, 2.24) is 9.97 Å². The van der Waals surface area contributed by atoms with Gasteiger partial charge in [-0.2, -0.15) is 4.98 Å². The Hall–Kier alpha value is -3.85. The molecule has 0 saturated heterocycles. The number of H-pyrrole nitrogens is 1. The van der Waals surface area contributed by atoms with E-state index in [0.717, 1.165) is 5.56 Å². The Morgan fingerprint density at radius 3 is 2.60 bits per heavy atom. The minimum atomic E-state index is -1.06. The number of aromatic hydroxyl groups is 1. The summed E-state index contributed by atoms with van der Waals surface area (Å²) in [4.78, 5) is 27.4. The minimum Gasteiger partial charge on any atom is -0.493 e. The molecule has 2 aromatic carbocycles. The molecule has 1 aromatic heterocycles. The van der Waals surface area contributed by atoms with Crippen LogP contribution in [-0.4, -0.2) is 27.1 Å². The molecule has 0 bridgehead atoms. The summed E-state index contributed by atoms with van der Waals surface area (Å²) in [5, 5.41) is 21.0. The molecule has 0 unspecified atom stereocenters. The van der Waals surface area contributed by atoms with Crippen LogP contribution in [0.2, 0.25) is 5.02 Å². The number of nitro groups is 1. The molecular weight excluding hydrogens is 414 g/mol. The van der Waals surface area contributed by atoms with E-state index >= 15 is 0 Å². The number of methoxy groups -OCH3 is 1. The predicted octanol–water partition coefficient (Wildman–Crippen LogP) is 3.80. The van der Waals surface area contributed by atoms with Gasteiger partial charge < -0.3 is 19.6 Å². The number of aromatic amines is 1. The molecule has 0 aliphatic carbocycles. The van der Waals surface area contributed by atoms with Crippen molar-refractivity contribution in [2.75, 3.05) is 7.11 Å². The highest BCUT2D eigenvalue weighted by molar-refractivity contribution is 6.30. The van der Waals surface area contributed by atoms with Crippen molar-refractivity contribution >= 4 is 29.4 Å². The van der Waals surface area contributed by atoms with Crippen LogP contribution in [0.3, 0.4) is 0 Å². The lowest BCUT2D eigenvalue weighted by Crippen LogP contribution is -2.14. The highest BCUT2D eigenvalue weighted by Gasteiger charge is 2.21. The molecule has 0 fully saturated rings. The van der Waals surface area contributed by atoms with E-state index in [1.54, 1.807) is 36.4 Å². The van der Waals surface area contributed by atoms with Crippen LogP contribution >= 0.6 is 11.6 Å². The standard InChI is InChI=1S/C20H16ClN3O6/c1-29-15-4-2-3-13(18(15)30-11-12-5-8-14(21)9-6-12)7-10-16-22-19(25)17(24(27)28)20(26)23-16/h2-10H,11H2,1H3,(H2,22,23,25,26). The summed E-state index contributed by atoms with van der Waals surface area (Å²) in [6.07, 6.45) is 2.96. The van der Waals surface area contributed by atoms with Crippen LogP contribution in [0.15, 0.2) is 47.3 Å². The van der Waals surface area contributed by atoms with Crippen LogP contribution in [0.25, 0.3) is 12.2 Å². The second kappa shape index (κ2) is 9.10. The van der Waals surface area contributed by atoms with Crippen molar-refractivity contribution in [2.24, 2.45) is 0 Å². The average Bonchev–Trinajstić information content (AvgIpc) is 2.71. The van der Waals surface area contributed by atoms with E-state index in [0.29, 0.717) is 22.1 Å². The molecule has 0 aliphatic rings. The molecule has 0 amide bonds. The number of aromatic nitrogens is 2. The van der Waals surface area contributed by atoms with Crippen molar-refractivity contribution in [1.29, 1.82) is 0 Å². The lowest BCUT2D eigenvalue weighted by atomic mass is 10.1. The number of hydrogen-bond donors (Lipinski definition) is 2. The summed E-state index contributed by atoms with van der Waals surface area (Å²) < 4.78 is 11.3. The SMILES string of the molecule is COc1cccc(C=Cc2nc(O)c([N+](=O)[O-])c(=O)[nH]2)c1OCc1ccc(Cl)cc1. The van der Waals surface area contributed by atoms with E-state index in [1.165, 1.54) is 13.2 Å². The molecule has 154 valence electrons. The molecule has 3 rings (SSSR count).